The van der Waals surface area contributed by atoms with Crippen LogP contribution in [-0.4, -0.2) is 32.3 Å². The number of rotatable bonds is 6. The van der Waals surface area contributed by atoms with E-state index in [4.69, 9.17) is 14.5 Å². The molecule has 0 fully saturated rings. The van der Waals surface area contributed by atoms with Crippen LogP contribution in [0, 0.1) is 6.92 Å². The van der Waals surface area contributed by atoms with E-state index in [-0.39, 0.29) is 6.61 Å². The first kappa shape index (κ1) is 16.6. The minimum Gasteiger partial charge on any atom is -0.364 e. The molecular weight excluding hydrogens is 287 g/mol. The van der Waals surface area contributed by atoms with Crippen molar-refractivity contribution in [3.05, 3.63) is 44.8 Å². The van der Waals surface area contributed by atoms with Crippen molar-refractivity contribution in [2.45, 2.75) is 19.9 Å². The summed E-state index contributed by atoms with van der Waals surface area (Å²) in [5.41, 5.74) is -0.210. The van der Waals surface area contributed by atoms with Gasteiger partial charge in [0.1, 0.15) is 6.35 Å². The third-order valence-corrected chi connectivity index (χ3v) is 3.22. The van der Waals surface area contributed by atoms with Gasteiger partial charge in [-0.05, 0) is 19.4 Å². The first-order valence-electron chi connectivity index (χ1n) is 5.74. The average Bonchev–Trinajstić information content (AvgIpc) is 2.31. The zero-order chi connectivity index (χ0) is 15.5. The largest absolute Gasteiger partial charge is 0.364 e. The fourth-order valence-electron chi connectivity index (χ4n) is 1.49. The molecule has 1 unspecified atom stereocenters. The Morgan fingerprint density at radius 1 is 1.55 bits per heavy atom. The predicted octanol–water partition coefficient (Wildman–Crippen LogP) is 0.114. The second kappa shape index (κ2) is 6.32. The highest BCUT2D eigenvalue weighted by atomic mass is 31.2. The zero-order valence-corrected chi connectivity index (χ0v) is 12.1. The molecule has 0 amide bonds. The SMILES string of the molecule is C=C(COCP(=O)(O)O)C(C)n1cc(C)c(=O)[nH]c1=O. The summed E-state index contributed by atoms with van der Waals surface area (Å²) >= 11 is 0. The summed E-state index contributed by atoms with van der Waals surface area (Å²) in [6.07, 6.45) is 0.693. The Balaban J connectivity index is 2.80. The second-order valence-corrected chi connectivity index (χ2v) is 6.04. The van der Waals surface area contributed by atoms with Gasteiger partial charge in [-0.25, -0.2) is 4.79 Å². The Labute approximate surface area is 114 Å². The molecule has 0 aliphatic heterocycles. The molecule has 0 aromatic carbocycles. The van der Waals surface area contributed by atoms with Gasteiger partial charge in [-0.2, -0.15) is 0 Å². The average molecular weight is 304 g/mol. The van der Waals surface area contributed by atoms with Crippen molar-refractivity contribution in [2.24, 2.45) is 0 Å². The summed E-state index contributed by atoms with van der Waals surface area (Å²) < 4.78 is 16.8. The molecule has 0 spiro atoms. The Morgan fingerprint density at radius 2 is 2.15 bits per heavy atom. The molecule has 0 bridgehead atoms. The van der Waals surface area contributed by atoms with Crippen molar-refractivity contribution in [1.82, 2.24) is 9.55 Å². The molecule has 1 rings (SSSR count). The van der Waals surface area contributed by atoms with Crippen LogP contribution < -0.4 is 11.2 Å². The lowest BCUT2D eigenvalue weighted by atomic mass is 10.1. The molecule has 1 aromatic rings. The fraction of sp³-hybridized carbons (Fsp3) is 0.455. The lowest BCUT2D eigenvalue weighted by Gasteiger charge is -2.18. The molecule has 8 nitrogen and oxygen atoms in total. The van der Waals surface area contributed by atoms with Gasteiger partial charge >= 0.3 is 13.3 Å². The molecule has 0 aliphatic rings. The van der Waals surface area contributed by atoms with Crippen LogP contribution in [-0.2, 0) is 9.30 Å². The van der Waals surface area contributed by atoms with Gasteiger partial charge in [0.05, 0.1) is 12.6 Å². The normalized spacial score (nSPS) is 13.2. The van der Waals surface area contributed by atoms with Crippen LogP contribution in [0.3, 0.4) is 0 Å². The Morgan fingerprint density at radius 3 is 2.70 bits per heavy atom. The monoisotopic (exact) mass is 304 g/mol. The second-order valence-electron chi connectivity index (χ2n) is 4.46. The third kappa shape index (κ3) is 4.57. The van der Waals surface area contributed by atoms with Gasteiger partial charge in [0, 0.05) is 11.8 Å². The molecule has 0 saturated heterocycles. The Kier molecular flexibility index (Phi) is 5.24. The van der Waals surface area contributed by atoms with Crippen LogP contribution in [0.4, 0.5) is 0 Å². The van der Waals surface area contributed by atoms with Crippen molar-refractivity contribution in [3.8, 4) is 0 Å². The molecule has 20 heavy (non-hydrogen) atoms. The van der Waals surface area contributed by atoms with E-state index in [1.807, 2.05) is 0 Å². The molecule has 0 aliphatic carbocycles. The van der Waals surface area contributed by atoms with E-state index in [9.17, 15) is 14.2 Å². The molecule has 3 N–H and O–H groups in total. The number of nitrogens with zero attached hydrogens (tertiary/aromatic N) is 1. The predicted molar refractivity (Wildman–Crippen MR) is 72.8 cm³/mol. The lowest BCUT2D eigenvalue weighted by molar-refractivity contribution is 0.173. The van der Waals surface area contributed by atoms with Crippen molar-refractivity contribution in [1.29, 1.82) is 0 Å². The molecule has 9 heteroatoms. The van der Waals surface area contributed by atoms with Crippen molar-refractivity contribution >= 4 is 7.60 Å². The van der Waals surface area contributed by atoms with Crippen molar-refractivity contribution in [2.75, 3.05) is 13.0 Å². The highest BCUT2D eigenvalue weighted by molar-refractivity contribution is 7.51. The summed E-state index contributed by atoms with van der Waals surface area (Å²) in [7, 11) is -4.23. The molecular formula is C11H17N2O6P. The van der Waals surface area contributed by atoms with E-state index in [1.54, 1.807) is 13.8 Å². The van der Waals surface area contributed by atoms with Crippen LogP contribution in [0.5, 0.6) is 0 Å². The van der Waals surface area contributed by atoms with Crippen LogP contribution >= 0.6 is 7.60 Å². The lowest BCUT2D eigenvalue weighted by Crippen LogP contribution is -2.33. The summed E-state index contributed by atoms with van der Waals surface area (Å²) in [5.74, 6) is 0. The maximum absolute atomic E-state index is 11.7. The fourth-order valence-corrected chi connectivity index (χ4v) is 1.82. The smallest absolute Gasteiger partial charge is 0.350 e. The van der Waals surface area contributed by atoms with Crippen molar-refractivity contribution < 1.29 is 19.1 Å². The quantitative estimate of drug-likeness (QED) is 0.506. The van der Waals surface area contributed by atoms with E-state index in [0.29, 0.717) is 11.1 Å². The highest BCUT2D eigenvalue weighted by Crippen LogP contribution is 2.34. The number of aryl methyl sites for hydroxylation is 1. The van der Waals surface area contributed by atoms with Crippen LogP contribution in [0.25, 0.3) is 0 Å². The first-order chi connectivity index (χ1) is 9.11. The van der Waals surface area contributed by atoms with E-state index >= 15 is 0 Å². The molecule has 1 heterocycles. The van der Waals surface area contributed by atoms with Crippen molar-refractivity contribution in [3.63, 3.8) is 0 Å². The van der Waals surface area contributed by atoms with Gasteiger partial charge < -0.3 is 14.5 Å². The molecule has 0 saturated carbocycles. The number of hydrogen-bond acceptors (Lipinski definition) is 4. The summed E-state index contributed by atoms with van der Waals surface area (Å²) in [6.45, 7) is 6.85. The summed E-state index contributed by atoms with van der Waals surface area (Å²) in [6, 6.07) is -0.477. The maximum Gasteiger partial charge on any atom is 0.350 e. The number of aromatic amines is 1. The van der Waals surface area contributed by atoms with E-state index in [1.165, 1.54) is 10.8 Å². The first-order valence-corrected chi connectivity index (χ1v) is 7.53. The van der Waals surface area contributed by atoms with Gasteiger partial charge in [-0.1, -0.05) is 6.58 Å². The topological polar surface area (TPSA) is 122 Å². The van der Waals surface area contributed by atoms with Crippen LogP contribution in [0.1, 0.15) is 18.5 Å². The number of aromatic nitrogens is 2. The van der Waals surface area contributed by atoms with E-state index in [2.05, 4.69) is 11.6 Å². The van der Waals surface area contributed by atoms with Gasteiger partial charge in [0.2, 0.25) is 0 Å². The Bertz CT molecular complexity index is 656. The van der Waals surface area contributed by atoms with Gasteiger partial charge in [0.25, 0.3) is 5.56 Å². The van der Waals surface area contributed by atoms with Crippen LogP contribution in [0.2, 0.25) is 0 Å². The van der Waals surface area contributed by atoms with Gasteiger partial charge in [-0.15, -0.1) is 0 Å². The van der Waals surface area contributed by atoms with E-state index in [0.717, 1.165) is 0 Å². The zero-order valence-electron chi connectivity index (χ0n) is 11.2. The number of nitrogens with one attached hydrogen (secondary N) is 1. The minimum atomic E-state index is -4.23. The molecule has 0 radical (unpaired) electrons. The number of ether oxygens (including phenoxy) is 1. The van der Waals surface area contributed by atoms with Gasteiger partial charge in [0.15, 0.2) is 0 Å². The highest BCUT2D eigenvalue weighted by Gasteiger charge is 2.16. The van der Waals surface area contributed by atoms with E-state index < -0.39 is 31.2 Å². The molecule has 1 aromatic heterocycles. The summed E-state index contributed by atoms with van der Waals surface area (Å²) in [5, 5.41) is 0. The third-order valence-electron chi connectivity index (χ3n) is 2.70. The molecule has 112 valence electrons. The standard InChI is InChI=1S/C11H17N2O6P/c1-7-4-13(11(15)12-10(7)14)9(3)8(2)5-19-6-20(16,17)18/h4,9H,2,5-6H2,1,3H3,(H,12,14,15)(H2,16,17,18). The maximum atomic E-state index is 11.7. The number of hydrogen-bond donors (Lipinski definition) is 3. The number of H-pyrrole nitrogens is 1. The van der Waals surface area contributed by atoms with Gasteiger partial charge in [-0.3, -0.25) is 18.9 Å². The van der Waals surface area contributed by atoms with Crippen LogP contribution in [0.15, 0.2) is 27.9 Å². The molecule has 1 atom stereocenters. The minimum absolute atomic E-state index is 0.100. The Hall–Kier alpha value is -1.47. The summed E-state index contributed by atoms with van der Waals surface area (Å²) in [4.78, 5) is 42.4.